The molecule has 1 aliphatic carbocycles. The Morgan fingerprint density at radius 2 is 1.62 bits per heavy atom. The molecule has 2 aliphatic rings. The van der Waals surface area contributed by atoms with E-state index in [0.717, 1.165) is 30.3 Å². The van der Waals surface area contributed by atoms with Crippen molar-refractivity contribution in [1.29, 1.82) is 0 Å². The summed E-state index contributed by atoms with van der Waals surface area (Å²) in [5, 5.41) is 0. The van der Waals surface area contributed by atoms with Crippen LogP contribution in [0, 0.1) is 17.8 Å². The van der Waals surface area contributed by atoms with Crippen LogP contribution in [0.3, 0.4) is 0 Å². The molecule has 1 saturated heterocycles. The van der Waals surface area contributed by atoms with Gasteiger partial charge in [-0.3, -0.25) is 4.90 Å². The first-order chi connectivity index (χ1) is 7.56. The summed E-state index contributed by atoms with van der Waals surface area (Å²) in [6.45, 7) is 9.53. The fraction of sp³-hybridized carbons (Fsp3) is 1.00. The van der Waals surface area contributed by atoms with Crippen molar-refractivity contribution in [3.8, 4) is 0 Å². The van der Waals surface area contributed by atoms with Gasteiger partial charge in [-0.1, -0.05) is 20.8 Å². The molecule has 0 aromatic carbocycles. The lowest BCUT2D eigenvalue weighted by atomic mass is 9.79. The van der Waals surface area contributed by atoms with E-state index in [1.165, 1.54) is 32.2 Å². The smallest absolute Gasteiger partial charge is 0.0194 e. The minimum atomic E-state index is 0.404. The van der Waals surface area contributed by atoms with E-state index in [-0.39, 0.29) is 0 Å². The second-order valence-corrected chi connectivity index (χ2v) is 6.50. The van der Waals surface area contributed by atoms with E-state index < -0.39 is 0 Å². The van der Waals surface area contributed by atoms with E-state index in [9.17, 15) is 0 Å². The maximum atomic E-state index is 6.20. The number of hydrogen-bond acceptors (Lipinski definition) is 2. The first kappa shape index (κ1) is 12.4. The number of nitrogens with zero attached hydrogens (tertiary/aromatic N) is 1. The monoisotopic (exact) mass is 224 g/mol. The zero-order valence-corrected chi connectivity index (χ0v) is 11.2. The molecule has 1 heterocycles. The maximum absolute atomic E-state index is 6.20. The second kappa shape index (κ2) is 5.05. The Morgan fingerprint density at radius 1 is 1.00 bits per heavy atom. The summed E-state index contributed by atoms with van der Waals surface area (Å²) < 4.78 is 0. The number of nitrogens with two attached hydrogens (primary N) is 1. The summed E-state index contributed by atoms with van der Waals surface area (Å²) in [6.07, 6.45) is 5.50. The van der Waals surface area contributed by atoms with Gasteiger partial charge in [-0.05, 0) is 50.0 Å². The number of likely N-dealkylation sites (tertiary alicyclic amines) is 1. The third kappa shape index (κ3) is 2.78. The zero-order valence-electron chi connectivity index (χ0n) is 11.2. The van der Waals surface area contributed by atoms with E-state index in [4.69, 9.17) is 5.73 Å². The zero-order chi connectivity index (χ0) is 11.7. The highest BCUT2D eigenvalue weighted by atomic mass is 15.2. The molecule has 2 heteroatoms. The van der Waals surface area contributed by atoms with Crippen LogP contribution in [0.1, 0.15) is 46.5 Å². The van der Waals surface area contributed by atoms with Crippen molar-refractivity contribution in [3.05, 3.63) is 0 Å². The fourth-order valence-electron chi connectivity index (χ4n) is 3.66. The molecule has 0 aromatic heterocycles. The van der Waals surface area contributed by atoms with Gasteiger partial charge in [-0.25, -0.2) is 0 Å². The Labute approximate surface area is 101 Å². The molecule has 0 aromatic rings. The minimum Gasteiger partial charge on any atom is -0.326 e. The molecule has 1 saturated carbocycles. The minimum absolute atomic E-state index is 0.404. The summed E-state index contributed by atoms with van der Waals surface area (Å²) in [5.41, 5.74) is 6.20. The molecule has 0 spiro atoms. The van der Waals surface area contributed by atoms with Gasteiger partial charge in [0.2, 0.25) is 0 Å². The molecule has 2 rings (SSSR count). The van der Waals surface area contributed by atoms with Crippen LogP contribution in [-0.4, -0.2) is 30.1 Å². The van der Waals surface area contributed by atoms with Crippen LogP contribution in [0.5, 0.6) is 0 Å². The van der Waals surface area contributed by atoms with Crippen molar-refractivity contribution in [2.24, 2.45) is 23.5 Å². The Kier molecular flexibility index (Phi) is 3.91. The molecular weight excluding hydrogens is 196 g/mol. The van der Waals surface area contributed by atoms with Gasteiger partial charge in [0.05, 0.1) is 0 Å². The summed E-state index contributed by atoms with van der Waals surface area (Å²) in [6, 6.07) is 1.22. The molecule has 4 atom stereocenters. The topological polar surface area (TPSA) is 29.3 Å². The van der Waals surface area contributed by atoms with E-state index in [0.29, 0.717) is 6.04 Å². The van der Waals surface area contributed by atoms with Gasteiger partial charge in [0, 0.05) is 18.6 Å². The summed E-state index contributed by atoms with van der Waals surface area (Å²) in [4.78, 5) is 2.68. The molecule has 0 amide bonds. The van der Waals surface area contributed by atoms with E-state index in [2.05, 4.69) is 25.7 Å². The highest BCUT2D eigenvalue weighted by molar-refractivity contribution is 4.88. The lowest BCUT2D eigenvalue weighted by molar-refractivity contribution is 0.0684. The SMILES string of the molecule is CC1CC(C)CC(N2CCC(C)C(N)C2)C1. The molecule has 2 fully saturated rings. The van der Waals surface area contributed by atoms with Crippen molar-refractivity contribution in [3.63, 3.8) is 0 Å². The van der Waals surface area contributed by atoms with Crippen LogP contribution in [0.4, 0.5) is 0 Å². The number of hydrogen-bond donors (Lipinski definition) is 1. The van der Waals surface area contributed by atoms with Gasteiger partial charge in [0.25, 0.3) is 0 Å². The Hall–Kier alpha value is -0.0800. The standard InChI is InChI=1S/C14H28N2/c1-10-6-11(2)8-13(7-10)16-5-4-12(3)14(15)9-16/h10-14H,4-9,15H2,1-3H3. The predicted molar refractivity (Wildman–Crippen MR) is 69.3 cm³/mol. The first-order valence-electron chi connectivity index (χ1n) is 7.06. The maximum Gasteiger partial charge on any atom is 0.0194 e. The highest BCUT2D eigenvalue weighted by Crippen LogP contribution is 2.33. The second-order valence-electron chi connectivity index (χ2n) is 6.50. The first-order valence-corrected chi connectivity index (χ1v) is 7.06. The third-order valence-electron chi connectivity index (χ3n) is 4.72. The largest absolute Gasteiger partial charge is 0.326 e. The van der Waals surface area contributed by atoms with Crippen molar-refractivity contribution < 1.29 is 0 Å². The van der Waals surface area contributed by atoms with Crippen LogP contribution in [0.2, 0.25) is 0 Å². The van der Waals surface area contributed by atoms with Gasteiger partial charge in [0.1, 0.15) is 0 Å². The van der Waals surface area contributed by atoms with Gasteiger partial charge < -0.3 is 5.73 Å². The van der Waals surface area contributed by atoms with Crippen molar-refractivity contribution in [1.82, 2.24) is 4.90 Å². The lowest BCUT2D eigenvalue weighted by Crippen LogP contribution is -2.52. The van der Waals surface area contributed by atoms with E-state index >= 15 is 0 Å². The van der Waals surface area contributed by atoms with Crippen molar-refractivity contribution in [2.45, 2.75) is 58.5 Å². The summed E-state index contributed by atoms with van der Waals surface area (Å²) in [5.74, 6) is 2.53. The average Bonchev–Trinajstić information content (AvgIpc) is 2.20. The molecule has 1 aliphatic heterocycles. The predicted octanol–water partition coefficient (Wildman–Crippen LogP) is 2.48. The molecule has 4 unspecified atom stereocenters. The van der Waals surface area contributed by atoms with Crippen molar-refractivity contribution in [2.75, 3.05) is 13.1 Å². The Bertz CT molecular complexity index is 219. The highest BCUT2D eigenvalue weighted by Gasteiger charge is 2.32. The summed E-state index contributed by atoms with van der Waals surface area (Å²) >= 11 is 0. The van der Waals surface area contributed by atoms with E-state index in [1.54, 1.807) is 0 Å². The number of rotatable bonds is 1. The molecular formula is C14H28N2. The molecule has 16 heavy (non-hydrogen) atoms. The molecule has 2 nitrogen and oxygen atoms in total. The van der Waals surface area contributed by atoms with Crippen molar-refractivity contribution >= 4 is 0 Å². The van der Waals surface area contributed by atoms with Gasteiger partial charge in [-0.2, -0.15) is 0 Å². The molecule has 94 valence electrons. The van der Waals surface area contributed by atoms with Crippen LogP contribution < -0.4 is 5.73 Å². The van der Waals surface area contributed by atoms with Crippen LogP contribution in [-0.2, 0) is 0 Å². The van der Waals surface area contributed by atoms with Gasteiger partial charge in [-0.15, -0.1) is 0 Å². The van der Waals surface area contributed by atoms with E-state index in [1.807, 2.05) is 0 Å². The van der Waals surface area contributed by atoms with Crippen LogP contribution in [0.15, 0.2) is 0 Å². The normalized spacial score (nSPS) is 46.9. The molecule has 0 radical (unpaired) electrons. The lowest BCUT2D eigenvalue weighted by Gasteiger charge is -2.44. The quantitative estimate of drug-likeness (QED) is 0.741. The molecule has 0 bridgehead atoms. The van der Waals surface area contributed by atoms with Crippen LogP contribution >= 0.6 is 0 Å². The average molecular weight is 224 g/mol. The Morgan fingerprint density at radius 3 is 2.19 bits per heavy atom. The third-order valence-corrected chi connectivity index (χ3v) is 4.72. The molecule has 2 N–H and O–H groups in total. The Balaban J connectivity index is 1.92. The number of piperidine rings is 1. The summed E-state index contributed by atoms with van der Waals surface area (Å²) in [7, 11) is 0. The fourth-order valence-corrected chi connectivity index (χ4v) is 3.66. The van der Waals surface area contributed by atoms with Crippen LogP contribution in [0.25, 0.3) is 0 Å². The van der Waals surface area contributed by atoms with Gasteiger partial charge >= 0.3 is 0 Å². The van der Waals surface area contributed by atoms with Gasteiger partial charge in [0.15, 0.2) is 0 Å².